The smallest absolute Gasteiger partial charge is 0.236 e. The Hall–Kier alpha value is -0.250. The van der Waals surface area contributed by atoms with Gasteiger partial charge in [0, 0.05) is 6.61 Å². The Bertz CT molecular complexity index is 532. The Morgan fingerprint density at radius 2 is 2.28 bits per heavy atom. The highest BCUT2D eigenvalue weighted by atomic mass is 79.9. The van der Waals surface area contributed by atoms with Gasteiger partial charge in [0.2, 0.25) is 10.0 Å². The van der Waals surface area contributed by atoms with Gasteiger partial charge in [-0.05, 0) is 44.7 Å². The van der Waals surface area contributed by atoms with Crippen molar-refractivity contribution >= 4 is 47.7 Å². The van der Waals surface area contributed by atoms with Crippen molar-refractivity contribution in [1.29, 1.82) is 0 Å². The van der Waals surface area contributed by atoms with Crippen LogP contribution in [0, 0.1) is 0 Å². The summed E-state index contributed by atoms with van der Waals surface area (Å²) in [5.41, 5.74) is 0. The van der Waals surface area contributed by atoms with Gasteiger partial charge >= 0.3 is 0 Å². The maximum absolute atomic E-state index is 11.9. The molecule has 2 rings (SSSR count). The van der Waals surface area contributed by atoms with Gasteiger partial charge < -0.3 is 4.74 Å². The molecule has 1 aromatic rings. The quantitative estimate of drug-likeness (QED) is 0.834. The zero-order valence-corrected chi connectivity index (χ0v) is 13.3. The van der Waals surface area contributed by atoms with Crippen LogP contribution >= 0.6 is 31.9 Å². The fourth-order valence-corrected chi connectivity index (χ4v) is 3.95. The number of anilines is 1. The average molecular weight is 401 g/mol. The fraction of sp³-hybridized carbons (Fsp3) is 0.556. The zero-order chi connectivity index (χ0) is 13.2. The van der Waals surface area contributed by atoms with Crippen LogP contribution in [0.2, 0.25) is 0 Å². The molecule has 1 fully saturated rings. The predicted molar refractivity (Wildman–Crippen MR) is 73.8 cm³/mol. The second-order valence-electron chi connectivity index (χ2n) is 3.85. The highest BCUT2D eigenvalue weighted by Crippen LogP contribution is 2.21. The van der Waals surface area contributed by atoms with Crippen molar-refractivity contribution in [1.82, 2.24) is 9.97 Å². The molecular formula is C9H11Br2N3O3S. The van der Waals surface area contributed by atoms with E-state index in [1.807, 2.05) is 0 Å². The molecule has 1 aromatic heterocycles. The van der Waals surface area contributed by atoms with Crippen LogP contribution in [0.4, 0.5) is 5.82 Å². The van der Waals surface area contributed by atoms with Gasteiger partial charge in [0.25, 0.3) is 0 Å². The van der Waals surface area contributed by atoms with Crippen LogP contribution in [0.15, 0.2) is 15.4 Å². The Labute approximate surface area is 122 Å². The number of aromatic nitrogens is 2. The van der Waals surface area contributed by atoms with Gasteiger partial charge in [0.15, 0.2) is 10.4 Å². The number of nitrogens with zero attached hydrogens (tertiary/aromatic N) is 2. The molecule has 0 spiro atoms. The maximum Gasteiger partial charge on any atom is 0.236 e. The van der Waals surface area contributed by atoms with Crippen molar-refractivity contribution in [3.05, 3.63) is 15.4 Å². The molecule has 0 saturated carbocycles. The van der Waals surface area contributed by atoms with Gasteiger partial charge in [-0.15, -0.1) is 0 Å². The van der Waals surface area contributed by atoms with Crippen molar-refractivity contribution < 1.29 is 13.2 Å². The van der Waals surface area contributed by atoms with Gasteiger partial charge in [-0.3, -0.25) is 4.72 Å². The first-order valence-corrected chi connectivity index (χ1v) is 8.50. The Balaban J connectivity index is 2.07. The molecule has 18 heavy (non-hydrogen) atoms. The molecule has 2 heterocycles. The summed E-state index contributed by atoms with van der Waals surface area (Å²) in [5.74, 6) is 0.119. The second-order valence-corrected chi connectivity index (χ2v) is 7.18. The molecule has 1 aliphatic heterocycles. The number of rotatable bonds is 4. The lowest BCUT2D eigenvalue weighted by Crippen LogP contribution is -2.26. The number of sulfonamides is 1. The zero-order valence-electron chi connectivity index (χ0n) is 9.27. The third kappa shape index (κ3) is 3.87. The molecule has 0 amide bonds. The van der Waals surface area contributed by atoms with E-state index >= 15 is 0 Å². The van der Waals surface area contributed by atoms with E-state index in [9.17, 15) is 8.42 Å². The molecule has 6 nitrogen and oxygen atoms in total. The van der Waals surface area contributed by atoms with E-state index in [4.69, 9.17) is 4.74 Å². The van der Waals surface area contributed by atoms with E-state index in [1.54, 1.807) is 0 Å². The van der Waals surface area contributed by atoms with Gasteiger partial charge in [-0.2, -0.15) is 0 Å². The molecule has 1 unspecified atom stereocenters. The Morgan fingerprint density at radius 3 is 2.89 bits per heavy atom. The molecule has 1 saturated heterocycles. The number of halogens is 2. The largest absolute Gasteiger partial charge is 0.377 e. The third-order valence-corrected chi connectivity index (χ3v) is 4.63. The molecular weight excluding hydrogens is 390 g/mol. The highest BCUT2D eigenvalue weighted by Gasteiger charge is 2.24. The van der Waals surface area contributed by atoms with Crippen LogP contribution in [0.25, 0.3) is 0 Å². The van der Waals surface area contributed by atoms with E-state index < -0.39 is 10.0 Å². The molecule has 1 N–H and O–H groups in total. The molecule has 0 bridgehead atoms. The van der Waals surface area contributed by atoms with Crippen molar-refractivity contribution in [2.75, 3.05) is 17.1 Å². The summed E-state index contributed by atoms with van der Waals surface area (Å²) in [6.45, 7) is 0.627. The summed E-state index contributed by atoms with van der Waals surface area (Å²) >= 11 is 6.30. The SMILES string of the molecule is O=S(=O)(CC1CCCO1)Nc1ncc(Br)nc1Br. The molecule has 0 aromatic carbocycles. The average Bonchev–Trinajstić information content (AvgIpc) is 2.74. The minimum Gasteiger partial charge on any atom is -0.377 e. The predicted octanol–water partition coefficient (Wildman–Crippen LogP) is 1.92. The molecule has 100 valence electrons. The minimum atomic E-state index is -3.48. The topological polar surface area (TPSA) is 81.2 Å². The van der Waals surface area contributed by atoms with Crippen molar-refractivity contribution in [2.24, 2.45) is 0 Å². The summed E-state index contributed by atoms with van der Waals surface area (Å²) in [6, 6.07) is 0. The first-order chi connectivity index (χ1) is 8.46. The lowest BCUT2D eigenvalue weighted by atomic mass is 10.3. The van der Waals surface area contributed by atoms with Gasteiger partial charge in [-0.25, -0.2) is 18.4 Å². The van der Waals surface area contributed by atoms with Crippen LogP contribution in [-0.4, -0.2) is 36.8 Å². The second kappa shape index (κ2) is 5.81. The van der Waals surface area contributed by atoms with E-state index in [-0.39, 0.29) is 17.7 Å². The van der Waals surface area contributed by atoms with E-state index in [2.05, 4.69) is 46.5 Å². The monoisotopic (exact) mass is 399 g/mol. The van der Waals surface area contributed by atoms with Crippen LogP contribution < -0.4 is 4.72 Å². The van der Waals surface area contributed by atoms with Gasteiger partial charge in [-0.1, -0.05) is 0 Å². The number of ether oxygens (including phenoxy) is 1. The van der Waals surface area contributed by atoms with Crippen molar-refractivity contribution in [3.63, 3.8) is 0 Å². The van der Waals surface area contributed by atoms with Crippen LogP contribution in [0.5, 0.6) is 0 Å². The lowest BCUT2D eigenvalue weighted by molar-refractivity contribution is 0.127. The number of nitrogens with one attached hydrogen (secondary N) is 1. The van der Waals surface area contributed by atoms with Gasteiger partial charge in [0.05, 0.1) is 18.1 Å². The van der Waals surface area contributed by atoms with Crippen LogP contribution in [0.3, 0.4) is 0 Å². The standard InChI is InChI=1S/C9H11Br2N3O3S/c10-7-4-12-9(8(11)13-7)14-18(15,16)5-6-2-1-3-17-6/h4,6H,1-3,5H2,(H,12,14). The highest BCUT2D eigenvalue weighted by molar-refractivity contribution is 9.11. The van der Waals surface area contributed by atoms with Gasteiger partial charge in [0.1, 0.15) is 4.60 Å². The lowest BCUT2D eigenvalue weighted by Gasteiger charge is -2.12. The summed E-state index contributed by atoms with van der Waals surface area (Å²) in [6.07, 6.45) is 2.87. The molecule has 0 radical (unpaired) electrons. The maximum atomic E-state index is 11.9. The van der Waals surface area contributed by atoms with Crippen LogP contribution in [0.1, 0.15) is 12.8 Å². The fourth-order valence-electron chi connectivity index (χ4n) is 1.62. The van der Waals surface area contributed by atoms with Crippen molar-refractivity contribution in [2.45, 2.75) is 18.9 Å². The molecule has 1 atom stereocenters. The van der Waals surface area contributed by atoms with Crippen molar-refractivity contribution in [3.8, 4) is 0 Å². The van der Waals surface area contributed by atoms with E-state index in [1.165, 1.54) is 6.20 Å². The third-order valence-electron chi connectivity index (χ3n) is 2.38. The normalized spacial score (nSPS) is 20.0. The Morgan fingerprint density at radius 1 is 1.50 bits per heavy atom. The molecule has 0 aliphatic carbocycles. The number of hydrogen-bond donors (Lipinski definition) is 1. The summed E-state index contributed by atoms with van der Waals surface area (Å²) in [5, 5.41) is 0. The van der Waals surface area contributed by atoms with E-state index in [0.29, 0.717) is 15.8 Å². The molecule has 9 heteroatoms. The van der Waals surface area contributed by atoms with E-state index in [0.717, 1.165) is 12.8 Å². The molecule has 1 aliphatic rings. The van der Waals surface area contributed by atoms with Crippen LogP contribution in [-0.2, 0) is 14.8 Å². The first-order valence-electron chi connectivity index (χ1n) is 5.26. The minimum absolute atomic E-state index is 0.0583. The number of hydrogen-bond acceptors (Lipinski definition) is 5. The summed E-state index contributed by atoms with van der Waals surface area (Å²) < 4.78 is 32.4. The Kier molecular flexibility index (Phi) is 4.57. The summed E-state index contributed by atoms with van der Waals surface area (Å²) in [7, 11) is -3.48. The summed E-state index contributed by atoms with van der Waals surface area (Å²) in [4.78, 5) is 7.95. The first kappa shape index (κ1) is 14.2.